The molecule has 1 aromatic carbocycles. The predicted octanol–water partition coefficient (Wildman–Crippen LogP) is 3.71. The lowest BCUT2D eigenvalue weighted by molar-refractivity contribution is -0.384. The Bertz CT molecular complexity index is 906. The summed E-state index contributed by atoms with van der Waals surface area (Å²) >= 11 is 1.27. The van der Waals surface area contributed by atoms with E-state index in [0.29, 0.717) is 22.9 Å². The molecule has 27 heavy (non-hydrogen) atoms. The second kappa shape index (κ2) is 7.51. The number of piperidine rings is 1. The topological polar surface area (TPSA) is 103 Å². The van der Waals surface area contributed by atoms with Gasteiger partial charge >= 0.3 is 6.09 Å². The number of nitrogens with zero attached hydrogens (tertiary/aromatic N) is 3. The number of non-ortho nitro benzene ring substituents is 1. The molecule has 1 fully saturated rings. The monoisotopic (exact) mass is 411 g/mol. The number of likely N-dealkylation sites (tertiary alicyclic amines) is 1. The minimum atomic E-state index is -1.39. The highest BCUT2D eigenvalue weighted by molar-refractivity contribution is 7.88. The van der Waals surface area contributed by atoms with Gasteiger partial charge in [0.1, 0.15) is 5.60 Å². The van der Waals surface area contributed by atoms with Crippen LogP contribution in [0, 0.1) is 10.1 Å². The lowest BCUT2D eigenvalue weighted by atomic mass is 10.1. The van der Waals surface area contributed by atoms with Crippen LogP contribution in [0.4, 0.5) is 10.5 Å². The Balaban J connectivity index is 1.76. The Hall–Kier alpha value is -2.07. The molecule has 2 heterocycles. The fraction of sp³-hybridized carbons (Fsp3) is 0.529. The average Bonchev–Trinajstić information content (AvgIpc) is 3.02. The van der Waals surface area contributed by atoms with Gasteiger partial charge in [-0.25, -0.2) is 9.78 Å². The second-order valence-electron chi connectivity index (χ2n) is 7.38. The molecule has 8 nitrogen and oxygen atoms in total. The van der Waals surface area contributed by atoms with Crippen LogP contribution in [0.15, 0.2) is 22.5 Å². The summed E-state index contributed by atoms with van der Waals surface area (Å²) in [6, 6.07) is 4.43. The second-order valence-corrected chi connectivity index (χ2v) is 10.3. The Morgan fingerprint density at radius 2 is 2.19 bits per heavy atom. The van der Waals surface area contributed by atoms with Crippen molar-refractivity contribution in [3.05, 3.63) is 28.3 Å². The van der Waals surface area contributed by atoms with Crippen molar-refractivity contribution in [3.63, 3.8) is 0 Å². The summed E-state index contributed by atoms with van der Waals surface area (Å²) in [5.74, 6) is 0. The van der Waals surface area contributed by atoms with Crippen LogP contribution in [0.3, 0.4) is 0 Å². The van der Waals surface area contributed by atoms with E-state index < -0.39 is 27.4 Å². The molecule has 0 spiro atoms. The van der Waals surface area contributed by atoms with Crippen LogP contribution in [0.2, 0.25) is 0 Å². The van der Waals surface area contributed by atoms with Crippen molar-refractivity contribution >= 4 is 44.1 Å². The molecule has 0 aliphatic carbocycles. The van der Waals surface area contributed by atoms with E-state index in [2.05, 4.69) is 4.98 Å². The van der Waals surface area contributed by atoms with Gasteiger partial charge in [0.15, 0.2) is 4.34 Å². The van der Waals surface area contributed by atoms with Crippen LogP contribution in [0.1, 0.15) is 33.6 Å². The molecule has 1 saturated heterocycles. The average molecular weight is 412 g/mol. The normalized spacial score (nSPS) is 19.1. The highest BCUT2D eigenvalue weighted by Crippen LogP contribution is 2.30. The molecule has 1 aliphatic heterocycles. The van der Waals surface area contributed by atoms with Gasteiger partial charge in [-0.15, -0.1) is 11.3 Å². The van der Waals surface area contributed by atoms with Gasteiger partial charge in [-0.05, 0) is 39.7 Å². The summed E-state index contributed by atoms with van der Waals surface area (Å²) < 4.78 is 19.6. The third-order valence-electron chi connectivity index (χ3n) is 4.07. The maximum atomic E-state index is 13.0. The number of nitro groups is 1. The largest absolute Gasteiger partial charge is 0.444 e. The maximum absolute atomic E-state index is 13.0. The van der Waals surface area contributed by atoms with E-state index >= 15 is 0 Å². The Labute approximate surface area is 163 Å². The molecular formula is C17H21N3O5S2. The van der Waals surface area contributed by atoms with E-state index in [4.69, 9.17) is 4.74 Å². The predicted molar refractivity (Wildman–Crippen MR) is 104 cm³/mol. The zero-order valence-electron chi connectivity index (χ0n) is 15.3. The van der Waals surface area contributed by atoms with E-state index in [9.17, 15) is 19.1 Å². The number of fused-ring (bicyclic) bond motifs is 1. The lowest BCUT2D eigenvalue weighted by Gasteiger charge is -2.33. The van der Waals surface area contributed by atoms with Crippen LogP contribution in [0.25, 0.3) is 10.2 Å². The van der Waals surface area contributed by atoms with Gasteiger partial charge in [-0.1, -0.05) is 0 Å². The summed E-state index contributed by atoms with van der Waals surface area (Å²) in [6.45, 7) is 6.35. The molecule has 3 rings (SSSR count). The van der Waals surface area contributed by atoms with Crippen molar-refractivity contribution in [1.29, 1.82) is 0 Å². The first-order valence-electron chi connectivity index (χ1n) is 8.57. The van der Waals surface area contributed by atoms with Crippen LogP contribution < -0.4 is 0 Å². The van der Waals surface area contributed by atoms with Gasteiger partial charge < -0.3 is 9.64 Å². The molecule has 0 bridgehead atoms. The molecular weight excluding hydrogens is 390 g/mol. The molecule has 0 unspecified atom stereocenters. The Morgan fingerprint density at radius 3 is 2.85 bits per heavy atom. The fourth-order valence-corrected chi connectivity index (χ4v) is 5.70. The molecule has 2 atom stereocenters. The first-order chi connectivity index (χ1) is 12.6. The number of aromatic nitrogens is 1. The van der Waals surface area contributed by atoms with E-state index in [0.717, 1.165) is 17.5 Å². The molecule has 2 aromatic rings. The van der Waals surface area contributed by atoms with Crippen LogP contribution in [-0.4, -0.2) is 49.0 Å². The van der Waals surface area contributed by atoms with Gasteiger partial charge in [0, 0.05) is 25.2 Å². The smallest absolute Gasteiger partial charge is 0.410 e. The fourth-order valence-electron chi connectivity index (χ4n) is 2.84. The quantitative estimate of drug-likeness (QED) is 0.563. The van der Waals surface area contributed by atoms with Crippen molar-refractivity contribution in [2.24, 2.45) is 0 Å². The number of carbonyl (C=O) groups excluding carboxylic acids is 1. The Kier molecular flexibility index (Phi) is 5.48. The summed E-state index contributed by atoms with van der Waals surface area (Å²) in [5.41, 5.74) is -0.151. The number of amides is 1. The van der Waals surface area contributed by atoms with E-state index in [1.54, 1.807) is 11.0 Å². The molecule has 1 amide bonds. The number of thiazole rings is 1. The molecule has 10 heteroatoms. The van der Waals surface area contributed by atoms with Crippen molar-refractivity contribution < 1.29 is 18.7 Å². The number of hydrogen-bond donors (Lipinski definition) is 0. The summed E-state index contributed by atoms with van der Waals surface area (Å²) in [6.07, 6.45) is 1.07. The van der Waals surface area contributed by atoms with Gasteiger partial charge in [-0.2, -0.15) is 0 Å². The molecule has 1 aromatic heterocycles. The van der Waals surface area contributed by atoms with Crippen LogP contribution in [0.5, 0.6) is 0 Å². The van der Waals surface area contributed by atoms with Crippen LogP contribution >= 0.6 is 11.3 Å². The summed E-state index contributed by atoms with van der Waals surface area (Å²) in [4.78, 5) is 28.6. The Morgan fingerprint density at radius 1 is 1.44 bits per heavy atom. The highest BCUT2D eigenvalue weighted by Gasteiger charge is 2.32. The number of rotatable bonds is 3. The van der Waals surface area contributed by atoms with Crippen molar-refractivity contribution in [3.8, 4) is 0 Å². The number of ether oxygens (including phenoxy) is 1. The van der Waals surface area contributed by atoms with Gasteiger partial charge in [0.05, 0.1) is 31.2 Å². The van der Waals surface area contributed by atoms with Gasteiger partial charge in [0.25, 0.3) is 5.69 Å². The zero-order valence-corrected chi connectivity index (χ0v) is 17.0. The standard InChI is InChI=1S/C17H21N3O5S2/c1-17(2,3)25-16(21)19-8-4-5-12(10-19)27(24)15-18-13-9-11(20(22)23)6-7-14(13)26-15/h6-7,9,12H,4-5,8,10H2,1-3H3/t12-,27+/m0/s1. The lowest BCUT2D eigenvalue weighted by Crippen LogP contribution is -2.45. The van der Waals surface area contributed by atoms with Crippen LogP contribution in [-0.2, 0) is 15.5 Å². The highest BCUT2D eigenvalue weighted by atomic mass is 32.2. The minimum absolute atomic E-state index is 0.0427. The van der Waals surface area contributed by atoms with Crippen molar-refractivity contribution in [2.45, 2.75) is 48.8 Å². The first-order valence-corrected chi connectivity index (χ1v) is 10.6. The zero-order chi connectivity index (χ0) is 19.8. The van der Waals surface area contributed by atoms with Crippen molar-refractivity contribution in [2.75, 3.05) is 13.1 Å². The molecule has 1 aliphatic rings. The molecule has 0 radical (unpaired) electrons. The number of carbonyl (C=O) groups is 1. The maximum Gasteiger partial charge on any atom is 0.410 e. The molecule has 146 valence electrons. The van der Waals surface area contributed by atoms with Gasteiger partial charge in [0.2, 0.25) is 0 Å². The van der Waals surface area contributed by atoms with E-state index in [-0.39, 0.29) is 10.9 Å². The molecule has 0 saturated carbocycles. The van der Waals surface area contributed by atoms with E-state index in [1.807, 2.05) is 20.8 Å². The number of benzene rings is 1. The third-order valence-corrected chi connectivity index (χ3v) is 7.07. The van der Waals surface area contributed by atoms with Crippen molar-refractivity contribution in [1.82, 2.24) is 9.88 Å². The first kappa shape index (κ1) is 19.7. The summed E-state index contributed by atoms with van der Waals surface area (Å²) in [5, 5.41) is 10.7. The minimum Gasteiger partial charge on any atom is -0.444 e. The number of nitro benzene ring substituents is 1. The molecule has 0 N–H and O–H groups in total. The SMILES string of the molecule is CC(C)(C)OC(=O)N1CCC[C@H]([S@@](=O)c2nc3cc([N+](=O)[O-])ccc3s2)C1. The third kappa shape index (κ3) is 4.62. The van der Waals surface area contributed by atoms with Gasteiger partial charge in [-0.3, -0.25) is 14.3 Å². The summed E-state index contributed by atoms with van der Waals surface area (Å²) in [7, 11) is -1.39. The van der Waals surface area contributed by atoms with E-state index in [1.165, 1.54) is 23.5 Å². The number of hydrogen-bond acceptors (Lipinski definition) is 7.